The molecule has 0 aliphatic rings. The summed E-state index contributed by atoms with van der Waals surface area (Å²) in [6.45, 7) is 0. The molecule has 0 saturated carbocycles. The smallest absolute Gasteiger partial charge is 0.286 e. The summed E-state index contributed by atoms with van der Waals surface area (Å²) in [5, 5.41) is 15.4. The number of nitrogens with one attached hydrogen (secondary N) is 1. The van der Waals surface area contributed by atoms with Crippen molar-refractivity contribution in [2.45, 2.75) is 0 Å². The number of carbonyl (C=O) groups is 1. The van der Waals surface area contributed by atoms with Crippen molar-refractivity contribution in [3.63, 3.8) is 0 Å². The normalized spacial score (nSPS) is 9.73. The molecule has 1 heterocycles. The van der Waals surface area contributed by atoms with Crippen LogP contribution in [0.5, 0.6) is 0 Å². The summed E-state index contributed by atoms with van der Waals surface area (Å²) in [7, 11) is 1.26. The first kappa shape index (κ1) is 8.47. The number of aromatic nitrogens is 2. The summed E-state index contributed by atoms with van der Waals surface area (Å²) < 4.78 is 0.688. The Morgan fingerprint density at radius 3 is 2.91 bits per heavy atom. The molecular formula is C5H6IN3O2. The Kier molecular flexibility index (Phi) is 2.45. The molecule has 0 atom stereocenters. The highest BCUT2D eigenvalue weighted by molar-refractivity contribution is 14.1. The number of hydrogen-bond donors (Lipinski definition) is 2. The van der Waals surface area contributed by atoms with Crippen LogP contribution >= 0.6 is 22.6 Å². The standard InChI is InChI=1S/C5H6IN3O2/c1-9(11)5(10)4-3(6)2-7-8-4/h2,11H,1H3,(H,7,8). The van der Waals surface area contributed by atoms with Crippen LogP contribution in [0, 0.1) is 3.57 Å². The van der Waals surface area contributed by atoms with Gasteiger partial charge in [0.05, 0.1) is 9.77 Å². The van der Waals surface area contributed by atoms with Crippen molar-refractivity contribution < 1.29 is 10.0 Å². The van der Waals surface area contributed by atoms with Gasteiger partial charge < -0.3 is 0 Å². The first-order chi connectivity index (χ1) is 5.13. The Balaban J connectivity index is 2.93. The highest BCUT2D eigenvalue weighted by Gasteiger charge is 2.14. The third kappa shape index (κ3) is 1.69. The Hall–Kier alpha value is -0.630. The highest BCUT2D eigenvalue weighted by atomic mass is 127. The molecule has 0 unspecified atom stereocenters. The first-order valence-corrected chi connectivity index (χ1v) is 3.86. The molecule has 0 aliphatic heterocycles. The number of hydroxylamine groups is 2. The molecule has 60 valence electrons. The summed E-state index contributed by atoms with van der Waals surface area (Å²) in [6.07, 6.45) is 1.51. The molecule has 0 fully saturated rings. The van der Waals surface area contributed by atoms with Crippen LogP contribution in [0.2, 0.25) is 0 Å². The fourth-order valence-corrected chi connectivity index (χ4v) is 1.07. The molecule has 0 aromatic carbocycles. The minimum absolute atomic E-state index is 0.301. The molecule has 0 spiro atoms. The summed E-state index contributed by atoms with van der Waals surface area (Å²) in [5.74, 6) is -0.494. The van der Waals surface area contributed by atoms with E-state index in [1.54, 1.807) is 0 Å². The molecule has 6 heteroatoms. The van der Waals surface area contributed by atoms with E-state index in [9.17, 15) is 4.79 Å². The topological polar surface area (TPSA) is 69.2 Å². The lowest BCUT2D eigenvalue weighted by atomic mass is 10.4. The summed E-state index contributed by atoms with van der Waals surface area (Å²) in [5.41, 5.74) is 0.301. The number of nitrogens with zero attached hydrogens (tertiary/aromatic N) is 2. The maximum Gasteiger partial charge on any atom is 0.296 e. The molecule has 0 saturated heterocycles. The van der Waals surface area contributed by atoms with E-state index in [0.717, 1.165) is 0 Å². The van der Waals surface area contributed by atoms with Gasteiger partial charge in [0, 0.05) is 7.05 Å². The molecule has 2 N–H and O–H groups in total. The molecule has 1 rings (SSSR count). The van der Waals surface area contributed by atoms with Gasteiger partial charge in [-0.2, -0.15) is 5.10 Å². The lowest BCUT2D eigenvalue weighted by Gasteiger charge is -2.05. The van der Waals surface area contributed by atoms with Crippen molar-refractivity contribution in [2.75, 3.05) is 7.05 Å². The van der Waals surface area contributed by atoms with Crippen LogP contribution in [0.3, 0.4) is 0 Å². The number of amides is 1. The van der Waals surface area contributed by atoms with Crippen molar-refractivity contribution in [1.29, 1.82) is 0 Å². The van der Waals surface area contributed by atoms with Gasteiger partial charge >= 0.3 is 0 Å². The van der Waals surface area contributed by atoms with Gasteiger partial charge in [-0.25, -0.2) is 5.06 Å². The second-order valence-electron chi connectivity index (χ2n) is 1.92. The molecule has 1 aromatic heterocycles. The SMILES string of the molecule is CN(O)C(=O)c1[nH]ncc1I. The molecule has 1 amide bonds. The van der Waals surface area contributed by atoms with E-state index in [-0.39, 0.29) is 0 Å². The van der Waals surface area contributed by atoms with E-state index in [0.29, 0.717) is 14.3 Å². The molecular weight excluding hydrogens is 261 g/mol. The van der Waals surface area contributed by atoms with Gasteiger partial charge in [-0.05, 0) is 22.6 Å². The number of carbonyl (C=O) groups excluding carboxylic acids is 1. The van der Waals surface area contributed by atoms with E-state index in [4.69, 9.17) is 5.21 Å². The second-order valence-corrected chi connectivity index (χ2v) is 3.08. The molecule has 0 bridgehead atoms. The molecule has 11 heavy (non-hydrogen) atoms. The largest absolute Gasteiger partial charge is 0.296 e. The molecule has 0 aliphatic carbocycles. The number of hydrogen-bond acceptors (Lipinski definition) is 3. The van der Waals surface area contributed by atoms with Gasteiger partial charge in [-0.3, -0.25) is 15.1 Å². The minimum atomic E-state index is -0.494. The number of rotatable bonds is 1. The number of halogens is 1. The third-order valence-electron chi connectivity index (χ3n) is 1.10. The van der Waals surface area contributed by atoms with E-state index >= 15 is 0 Å². The van der Waals surface area contributed by atoms with Crippen molar-refractivity contribution in [3.8, 4) is 0 Å². The van der Waals surface area contributed by atoms with Crippen LogP contribution in [0.25, 0.3) is 0 Å². The van der Waals surface area contributed by atoms with Crippen LogP contribution in [0.4, 0.5) is 0 Å². The predicted molar refractivity (Wildman–Crippen MR) is 45.2 cm³/mol. The molecule has 0 radical (unpaired) electrons. The Morgan fingerprint density at radius 2 is 2.55 bits per heavy atom. The van der Waals surface area contributed by atoms with Crippen molar-refractivity contribution in [3.05, 3.63) is 15.5 Å². The molecule has 5 nitrogen and oxygen atoms in total. The monoisotopic (exact) mass is 267 g/mol. The van der Waals surface area contributed by atoms with E-state index in [1.165, 1.54) is 13.2 Å². The highest BCUT2D eigenvalue weighted by Crippen LogP contribution is 2.08. The lowest BCUT2D eigenvalue weighted by Crippen LogP contribution is -2.23. The zero-order chi connectivity index (χ0) is 8.43. The van der Waals surface area contributed by atoms with Crippen LogP contribution in [0.1, 0.15) is 10.5 Å². The summed E-state index contributed by atoms with van der Waals surface area (Å²) >= 11 is 1.95. The Morgan fingerprint density at radius 1 is 1.91 bits per heavy atom. The van der Waals surface area contributed by atoms with Crippen LogP contribution in [0.15, 0.2) is 6.20 Å². The Bertz CT molecular complexity index is 270. The average molecular weight is 267 g/mol. The van der Waals surface area contributed by atoms with E-state index in [2.05, 4.69) is 10.2 Å². The minimum Gasteiger partial charge on any atom is -0.286 e. The second kappa shape index (κ2) is 3.18. The summed E-state index contributed by atoms with van der Waals surface area (Å²) in [6, 6.07) is 0. The maximum absolute atomic E-state index is 11.0. The molecule has 1 aromatic rings. The van der Waals surface area contributed by atoms with Gasteiger partial charge in [0.2, 0.25) is 0 Å². The Labute approximate surface area is 76.5 Å². The number of H-pyrrole nitrogens is 1. The van der Waals surface area contributed by atoms with Gasteiger partial charge in [0.1, 0.15) is 5.69 Å². The third-order valence-corrected chi connectivity index (χ3v) is 1.92. The van der Waals surface area contributed by atoms with Gasteiger partial charge in [-0.1, -0.05) is 0 Å². The zero-order valence-electron chi connectivity index (χ0n) is 5.71. The van der Waals surface area contributed by atoms with Gasteiger partial charge in [-0.15, -0.1) is 0 Å². The fourth-order valence-electron chi connectivity index (χ4n) is 0.583. The number of aromatic amines is 1. The zero-order valence-corrected chi connectivity index (χ0v) is 7.86. The summed E-state index contributed by atoms with van der Waals surface area (Å²) in [4.78, 5) is 11.0. The van der Waals surface area contributed by atoms with Gasteiger partial charge in [0.15, 0.2) is 0 Å². The van der Waals surface area contributed by atoms with Crippen molar-refractivity contribution in [1.82, 2.24) is 15.3 Å². The van der Waals surface area contributed by atoms with Crippen molar-refractivity contribution in [2.24, 2.45) is 0 Å². The fraction of sp³-hybridized carbons (Fsp3) is 0.200. The lowest BCUT2D eigenvalue weighted by molar-refractivity contribution is -0.0380. The van der Waals surface area contributed by atoms with Crippen molar-refractivity contribution >= 4 is 28.5 Å². The average Bonchev–Trinajstić information content (AvgIpc) is 2.33. The van der Waals surface area contributed by atoms with Crippen LogP contribution in [-0.2, 0) is 0 Å². The quantitative estimate of drug-likeness (QED) is 0.441. The first-order valence-electron chi connectivity index (χ1n) is 2.78. The van der Waals surface area contributed by atoms with Crippen LogP contribution < -0.4 is 0 Å². The van der Waals surface area contributed by atoms with E-state index in [1.807, 2.05) is 22.6 Å². The van der Waals surface area contributed by atoms with Crippen LogP contribution in [-0.4, -0.2) is 33.4 Å². The predicted octanol–water partition coefficient (Wildman–Crippen LogP) is 0.476. The van der Waals surface area contributed by atoms with E-state index < -0.39 is 5.91 Å². The maximum atomic E-state index is 11.0. The van der Waals surface area contributed by atoms with Gasteiger partial charge in [0.25, 0.3) is 5.91 Å².